The number of nitrogens with zero attached hydrogens (tertiary/aromatic N) is 1. The summed E-state index contributed by atoms with van der Waals surface area (Å²) in [6.07, 6.45) is 3.19. The number of benzene rings is 2. The van der Waals surface area contributed by atoms with Crippen LogP contribution in [0.15, 0.2) is 48.5 Å². The van der Waals surface area contributed by atoms with Crippen LogP contribution >= 0.6 is 0 Å². The smallest absolute Gasteiger partial charge is 0.254 e. The maximum Gasteiger partial charge on any atom is 0.254 e. The molecule has 0 unspecified atom stereocenters. The van der Waals surface area contributed by atoms with E-state index >= 15 is 0 Å². The number of rotatable bonds is 2. The average Bonchev–Trinajstić information content (AvgIpc) is 2.68. The molecule has 2 aliphatic rings. The third-order valence-corrected chi connectivity index (χ3v) is 5.39. The van der Waals surface area contributed by atoms with Crippen molar-refractivity contribution in [2.45, 2.75) is 31.7 Å². The van der Waals surface area contributed by atoms with Crippen LogP contribution in [-0.4, -0.2) is 30.4 Å². The van der Waals surface area contributed by atoms with E-state index in [1.165, 1.54) is 16.7 Å². The molecule has 0 radical (unpaired) electrons. The largest absolute Gasteiger partial charge is 0.334 e. The van der Waals surface area contributed by atoms with E-state index in [2.05, 4.69) is 41.7 Å². The summed E-state index contributed by atoms with van der Waals surface area (Å²) in [5, 5.41) is 3.41. The standard InChI is InChI=1S/C21H24N2O/c24-21(23-14-11-16-5-1-2-6-18(16)15-23)20-8-4-3-7-19(20)17-9-12-22-13-10-17/h1-8,17,22H,9-15H2. The first kappa shape index (κ1) is 15.4. The number of nitrogens with one attached hydrogen (secondary N) is 1. The Morgan fingerprint density at radius 1 is 0.958 bits per heavy atom. The zero-order valence-corrected chi connectivity index (χ0v) is 14.0. The van der Waals surface area contributed by atoms with Crippen LogP contribution in [0.3, 0.4) is 0 Å². The van der Waals surface area contributed by atoms with E-state index < -0.39 is 0 Å². The van der Waals surface area contributed by atoms with Gasteiger partial charge in [0.1, 0.15) is 0 Å². The van der Waals surface area contributed by atoms with Gasteiger partial charge >= 0.3 is 0 Å². The van der Waals surface area contributed by atoms with Gasteiger partial charge in [-0.25, -0.2) is 0 Å². The normalized spacial score (nSPS) is 18.2. The molecule has 124 valence electrons. The van der Waals surface area contributed by atoms with Gasteiger partial charge in [0, 0.05) is 18.7 Å². The SMILES string of the molecule is O=C(c1ccccc1C1CCNCC1)N1CCc2ccccc2C1. The van der Waals surface area contributed by atoms with Crippen molar-refractivity contribution >= 4 is 5.91 Å². The molecule has 2 aromatic rings. The Kier molecular flexibility index (Phi) is 4.35. The molecule has 1 N–H and O–H groups in total. The van der Waals surface area contributed by atoms with E-state index in [-0.39, 0.29) is 5.91 Å². The van der Waals surface area contributed by atoms with Gasteiger partial charge in [-0.05, 0) is 61.0 Å². The molecule has 0 aliphatic carbocycles. The zero-order valence-electron chi connectivity index (χ0n) is 14.0. The molecule has 0 atom stereocenters. The van der Waals surface area contributed by atoms with Gasteiger partial charge in [-0.3, -0.25) is 4.79 Å². The van der Waals surface area contributed by atoms with E-state index in [1.54, 1.807) is 0 Å². The van der Waals surface area contributed by atoms with Gasteiger partial charge in [-0.15, -0.1) is 0 Å². The zero-order chi connectivity index (χ0) is 16.4. The Bertz CT molecular complexity index is 734. The molecule has 0 spiro atoms. The maximum absolute atomic E-state index is 13.2. The van der Waals surface area contributed by atoms with Gasteiger partial charge in [0.05, 0.1) is 0 Å². The highest BCUT2D eigenvalue weighted by molar-refractivity contribution is 5.96. The predicted octanol–water partition coefficient (Wildman–Crippen LogP) is 3.35. The monoisotopic (exact) mass is 320 g/mol. The van der Waals surface area contributed by atoms with E-state index in [4.69, 9.17) is 0 Å². The summed E-state index contributed by atoms with van der Waals surface area (Å²) in [6, 6.07) is 16.7. The Hall–Kier alpha value is -2.13. The first-order valence-corrected chi connectivity index (χ1v) is 8.98. The molecule has 0 bridgehead atoms. The topological polar surface area (TPSA) is 32.3 Å². The second-order valence-corrected chi connectivity index (χ2v) is 6.86. The molecule has 1 saturated heterocycles. The molecular weight excluding hydrogens is 296 g/mol. The molecule has 4 rings (SSSR count). The van der Waals surface area contributed by atoms with Crippen molar-refractivity contribution < 1.29 is 4.79 Å². The summed E-state index contributed by atoms with van der Waals surface area (Å²) in [6.45, 7) is 3.64. The number of hydrogen-bond donors (Lipinski definition) is 1. The fourth-order valence-electron chi connectivity index (χ4n) is 4.02. The molecule has 2 heterocycles. The van der Waals surface area contributed by atoms with Crippen LogP contribution in [0, 0.1) is 0 Å². The van der Waals surface area contributed by atoms with Crippen LogP contribution in [0.1, 0.15) is 45.8 Å². The molecule has 3 nitrogen and oxygen atoms in total. The summed E-state index contributed by atoms with van der Waals surface area (Å²) in [7, 11) is 0. The average molecular weight is 320 g/mol. The van der Waals surface area contributed by atoms with Crippen molar-refractivity contribution in [3.05, 3.63) is 70.8 Å². The minimum Gasteiger partial charge on any atom is -0.334 e. The molecule has 2 aromatic carbocycles. The van der Waals surface area contributed by atoms with E-state index in [0.717, 1.165) is 51.0 Å². The summed E-state index contributed by atoms with van der Waals surface area (Å²) in [5.41, 5.74) is 4.82. The van der Waals surface area contributed by atoms with Gasteiger partial charge in [0.15, 0.2) is 0 Å². The van der Waals surface area contributed by atoms with Crippen LogP contribution in [0.5, 0.6) is 0 Å². The summed E-state index contributed by atoms with van der Waals surface area (Å²) < 4.78 is 0. The van der Waals surface area contributed by atoms with Crippen molar-refractivity contribution in [1.82, 2.24) is 10.2 Å². The summed E-state index contributed by atoms with van der Waals surface area (Å²) in [4.78, 5) is 15.2. The lowest BCUT2D eigenvalue weighted by molar-refractivity contribution is 0.0732. The highest BCUT2D eigenvalue weighted by Gasteiger charge is 2.26. The van der Waals surface area contributed by atoms with E-state index in [0.29, 0.717) is 5.92 Å². The van der Waals surface area contributed by atoms with Gasteiger partial charge < -0.3 is 10.2 Å². The minimum absolute atomic E-state index is 0.193. The van der Waals surface area contributed by atoms with Crippen LogP contribution in [-0.2, 0) is 13.0 Å². The fraction of sp³-hybridized carbons (Fsp3) is 0.381. The summed E-state index contributed by atoms with van der Waals surface area (Å²) in [5.74, 6) is 0.696. The Morgan fingerprint density at radius 2 is 1.67 bits per heavy atom. The number of hydrogen-bond acceptors (Lipinski definition) is 2. The number of fused-ring (bicyclic) bond motifs is 1. The molecule has 0 aromatic heterocycles. The third kappa shape index (κ3) is 2.96. The highest BCUT2D eigenvalue weighted by Crippen LogP contribution is 2.30. The first-order chi connectivity index (χ1) is 11.8. The number of carbonyl (C=O) groups is 1. The van der Waals surface area contributed by atoms with Crippen molar-refractivity contribution in [2.75, 3.05) is 19.6 Å². The Balaban J connectivity index is 1.59. The molecule has 0 saturated carbocycles. The predicted molar refractivity (Wildman–Crippen MR) is 96.2 cm³/mol. The van der Waals surface area contributed by atoms with E-state index in [1.807, 2.05) is 17.0 Å². The molecule has 2 aliphatic heterocycles. The van der Waals surface area contributed by atoms with Crippen LogP contribution < -0.4 is 5.32 Å². The second-order valence-electron chi connectivity index (χ2n) is 6.86. The van der Waals surface area contributed by atoms with Gasteiger partial charge in [-0.2, -0.15) is 0 Å². The number of carbonyl (C=O) groups excluding carboxylic acids is 1. The Morgan fingerprint density at radius 3 is 2.50 bits per heavy atom. The van der Waals surface area contributed by atoms with Crippen LogP contribution in [0.4, 0.5) is 0 Å². The van der Waals surface area contributed by atoms with Crippen molar-refractivity contribution in [3.63, 3.8) is 0 Å². The molecule has 1 amide bonds. The Labute approximate surface area is 143 Å². The lowest BCUT2D eigenvalue weighted by Gasteiger charge is -2.31. The minimum atomic E-state index is 0.193. The molecule has 1 fully saturated rings. The molecular formula is C21H24N2O. The molecule has 24 heavy (non-hydrogen) atoms. The summed E-state index contributed by atoms with van der Waals surface area (Å²) >= 11 is 0. The highest BCUT2D eigenvalue weighted by atomic mass is 16.2. The van der Waals surface area contributed by atoms with Gasteiger partial charge in [0.25, 0.3) is 5.91 Å². The first-order valence-electron chi connectivity index (χ1n) is 8.98. The lowest BCUT2D eigenvalue weighted by Crippen LogP contribution is -2.37. The lowest BCUT2D eigenvalue weighted by atomic mass is 9.86. The maximum atomic E-state index is 13.2. The van der Waals surface area contributed by atoms with Gasteiger partial charge in [0.2, 0.25) is 0 Å². The molecule has 3 heteroatoms. The number of piperidine rings is 1. The van der Waals surface area contributed by atoms with Crippen LogP contribution in [0.2, 0.25) is 0 Å². The second kappa shape index (κ2) is 6.78. The third-order valence-electron chi connectivity index (χ3n) is 5.39. The van der Waals surface area contributed by atoms with Crippen molar-refractivity contribution in [2.24, 2.45) is 0 Å². The van der Waals surface area contributed by atoms with Crippen LogP contribution in [0.25, 0.3) is 0 Å². The van der Waals surface area contributed by atoms with Crippen molar-refractivity contribution in [1.29, 1.82) is 0 Å². The van der Waals surface area contributed by atoms with E-state index in [9.17, 15) is 4.79 Å². The number of amides is 1. The van der Waals surface area contributed by atoms with Crippen molar-refractivity contribution in [3.8, 4) is 0 Å². The van der Waals surface area contributed by atoms with Gasteiger partial charge in [-0.1, -0.05) is 42.5 Å². The fourth-order valence-corrected chi connectivity index (χ4v) is 4.02. The quantitative estimate of drug-likeness (QED) is 0.920.